The zero-order valence-electron chi connectivity index (χ0n) is 30.6. The maximum atomic E-state index is 12.5. The van der Waals surface area contributed by atoms with Crippen molar-refractivity contribution in [3.05, 3.63) is 72.9 Å². The fourth-order valence-electron chi connectivity index (χ4n) is 4.65. The number of carboxylic acid groups (broad SMARTS) is 1. The van der Waals surface area contributed by atoms with Gasteiger partial charge in [0.05, 0.1) is 40.3 Å². The number of unbranched alkanes of at least 4 members (excludes halogenated alkanes) is 7. The molecule has 0 amide bonds. The zero-order valence-corrected chi connectivity index (χ0v) is 30.6. The molecule has 0 aliphatic heterocycles. The minimum absolute atomic E-state index is 0.0151. The van der Waals surface area contributed by atoms with Crippen molar-refractivity contribution in [3.8, 4) is 0 Å². The number of ether oxygens (including phenoxy) is 3. The van der Waals surface area contributed by atoms with E-state index in [0.29, 0.717) is 12.8 Å². The molecular weight excluding hydrogens is 606 g/mol. The van der Waals surface area contributed by atoms with Gasteiger partial charge in [-0.25, -0.2) is 0 Å². The van der Waals surface area contributed by atoms with Gasteiger partial charge in [-0.1, -0.05) is 106 Å². The van der Waals surface area contributed by atoms with Crippen LogP contribution in [-0.4, -0.2) is 75.5 Å². The standard InChI is InChI=1S/C40H65NO7/c1-6-8-10-12-14-16-17-18-19-20-21-23-24-26-28-30-38(42)47-35-36(34-46-33-32-37(40(44)45)41(3,4)5)48-39(43)31-29-27-25-22-15-13-11-9-7-2/h8-12,14-19,22,36-37H,6-7,13,20-21,23-35H2,1-5H3/b10-8+,11-9+,14-12+,17-16+,19-18+,22-15+. The molecule has 0 N–H and O–H groups in total. The van der Waals surface area contributed by atoms with Crippen LogP contribution < -0.4 is 5.11 Å². The first-order valence-corrected chi connectivity index (χ1v) is 18.0. The maximum Gasteiger partial charge on any atom is 0.306 e. The fourth-order valence-corrected chi connectivity index (χ4v) is 4.65. The summed E-state index contributed by atoms with van der Waals surface area (Å²) in [5, 5.41) is 11.5. The normalized spacial score (nSPS) is 13.9. The van der Waals surface area contributed by atoms with Gasteiger partial charge in [-0.2, -0.15) is 0 Å². The van der Waals surface area contributed by atoms with Gasteiger partial charge in [0.15, 0.2) is 6.10 Å². The third-order valence-corrected chi connectivity index (χ3v) is 7.43. The Morgan fingerprint density at radius 1 is 0.646 bits per heavy atom. The monoisotopic (exact) mass is 671 g/mol. The van der Waals surface area contributed by atoms with E-state index in [2.05, 4.69) is 56.4 Å². The number of carbonyl (C=O) groups excluding carboxylic acids is 3. The summed E-state index contributed by atoms with van der Waals surface area (Å²) in [6, 6.07) is -0.736. The Balaban J connectivity index is 4.51. The van der Waals surface area contributed by atoms with Crippen LogP contribution in [0, 0.1) is 0 Å². The van der Waals surface area contributed by atoms with Gasteiger partial charge in [-0.15, -0.1) is 0 Å². The number of esters is 2. The van der Waals surface area contributed by atoms with E-state index in [9.17, 15) is 19.5 Å². The highest BCUT2D eigenvalue weighted by molar-refractivity contribution is 5.70. The third-order valence-electron chi connectivity index (χ3n) is 7.43. The van der Waals surface area contributed by atoms with Crippen molar-refractivity contribution in [2.24, 2.45) is 0 Å². The highest BCUT2D eigenvalue weighted by Gasteiger charge is 2.25. The lowest BCUT2D eigenvalue weighted by molar-refractivity contribution is -0.889. The van der Waals surface area contributed by atoms with Crippen molar-refractivity contribution in [1.82, 2.24) is 0 Å². The number of aliphatic carboxylic acids is 1. The Kier molecular flexibility index (Phi) is 29.0. The van der Waals surface area contributed by atoms with E-state index in [1.165, 1.54) is 0 Å². The molecule has 0 heterocycles. The molecular formula is C40H65NO7. The summed E-state index contributed by atoms with van der Waals surface area (Å²) < 4.78 is 17.0. The molecule has 0 fully saturated rings. The highest BCUT2D eigenvalue weighted by atomic mass is 16.6. The Bertz CT molecular complexity index is 1020. The van der Waals surface area contributed by atoms with Crippen LogP contribution in [-0.2, 0) is 28.6 Å². The van der Waals surface area contributed by atoms with Gasteiger partial charge < -0.3 is 28.6 Å². The average molecular weight is 672 g/mol. The number of hydrogen-bond acceptors (Lipinski definition) is 7. The summed E-state index contributed by atoms with van der Waals surface area (Å²) in [5.41, 5.74) is 0. The van der Waals surface area contributed by atoms with E-state index in [1.54, 1.807) is 21.1 Å². The first-order chi connectivity index (χ1) is 23.1. The lowest BCUT2D eigenvalue weighted by Gasteiger charge is -2.34. The van der Waals surface area contributed by atoms with Crippen LogP contribution in [0.25, 0.3) is 0 Å². The van der Waals surface area contributed by atoms with Crippen LogP contribution >= 0.6 is 0 Å². The lowest BCUT2D eigenvalue weighted by Crippen LogP contribution is -2.55. The molecule has 0 radical (unpaired) electrons. The summed E-state index contributed by atoms with van der Waals surface area (Å²) in [6.45, 7) is 4.29. The summed E-state index contributed by atoms with van der Waals surface area (Å²) in [4.78, 5) is 36.5. The SMILES string of the molecule is CC/C=C/C=C/C=C/C=C/CCCCCCCC(=O)OCC(COCCC(C(=O)[O-])[N+](C)(C)C)OC(=O)CCCC/C=C/C/C=C/CC. The Morgan fingerprint density at radius 2 is 1.21 bits per heavy atom. The molecule has 0 aliphatic carbocycles. The number of hydrogen-bond donors (Lipinski definition) is 0. The van der Waals surface area contributed by atoms with Crippen LogP contribution in [0.5, 0.6) is 0 Å². The van der Waals surface area contributed by atoms with E-state index in [0.717, 1.165) is 70.6 Å². The molecule has 0 aromatic carbocycles. The number of nitrogens with zero attached hydrogens (tertiary/aromatic N) is 1. The van der Waals surface area contributed by atoms with E-state index >= 15 is 0 Å². The average Bonchev–Trinajstić information content (AvgIpc) is 3.03. The van der Waals surface area contributed by atoms with Gasteiger partial charge in [0, 0.05) is 19.3 Å². The second-order valence-electron chi connectivity index (χ2n) is 12.8. The van der Waals surface area contributed by atoms with Gasteiger partial charge in [0.25, 0.3) is 0 Å². The Morgan fingerprint density at radius 3 is 1.90 bits per heavy atom. The van der Waals surface area contributed by atoms with E-state index in [-0.39, 0.29) is 49.1 Å². The predicted molar refractivity (Wildman–Crippen MR) is 194 cm³/mol. The molecule has 2 unspecified atom stereocenters. The van der Waals surface area contributed by atoms with Crippen molar-refractivity contribution < 1.29 is 38.2 Å². The summed E-state index contributed by atoms with van der Waals surface area (Å²) in [7, 11) is 5.36. The molecule has 8 heteroatoms. The van der Waals surface area contributed by atoms with Crippen molar-refractivity contribution >= 4 is 17.9 Å². The van der Waals surface area contributed by atoms with Gasteiger partial charge in [-0.05, 0) is 57.8 Å². The second-order valence-corrected chi connectivity index (χ2v) is 12.8. The quantitative estimate of drug-likeness (QED) is 0.0256. The molecule has 0 aromatic heterocycles. The van der Waals surface area contributed by atoms with Gasteiger partial charge in [0.1, 0.15) is 12.6 Å². The molecule has 0 rings (SSSR count). The summed E-state index contributed by atoms with van der Waals surface area (Å²) >= 11 is 0. The van der Waals surface area contributed by atoms with Gasteiger partial charge in [-0.3, -0.25) is 9.59 Å². The van der Waals surface area contributed by atoms with Crippen molar-refractivity contribution in [2.45, 2.75) is 122 Å². The van der Waals surface area contributed by atoms with Crippen molar-refractivity contribution in [2.75, 3.05) is 41.0 Å². The number of allylic oxidation sites excluding steroid dienone is 12. The van der Waals surface area contributed by atoms with E-state index < -0.39 is 18.1 Å². The molecule has 0 spiro atoms. The van der Waals surface area contributed by atoms with Crippen LogP contribution in [0.3, 0.4) is 0 Å². The first kappa shape index (κ1) is 44.8. The molecule has 0 saturated heterocycles. The first-order valence-electron chi connectivity index (χ1n) is 18.0. The van der Waals surface area contributed by atoms with Crippen LogP contribution in [0.15, 0.2) is 72.9 Å². The molecule has 0 bridgehead atoms. The minimum atomic E-state index is -1.14. The van der Waals surface area contributed by atoms with Crippen LogP contribution in [0.2, 0.25) is 0 Å². The second kappa shape index (κ2) is 31.1. The molecule has 0 aliphatic rings. The van der Waals surface area contributed by atoms with Crippen molar-refractivity contribution in [3.63, 3.8) is 0 Å². The summed E-state index contributed by atoms with van der Waals surface area (Å²) in [6.07, 6.45) is 36.6. The third kappa shape index (κ3) is 29.0. The molecule has 0 aromatic rings. The van der Waals surface area contributed by atoms with Crippen molar-refractivity contribution in [1.29, 1.82) is 0 Å². The number of likely N-dealkylation sites (N-methyl/N-ethyl adjacent to an activating group) is 1. The molecule has 8 nitrogen and oxygen atoms in total. The Hall–Kier alpha value is -3.23. The number of carboxylic acids is 1. The molecule has 48 heavy (non-hydrogen) atoms. The molecule has 2 atom stereocenters. The van der Waals surface area contributed by atoms with Gasteiger partial charge in [0.2, 0.25) is 0 Å². The van der Waals surface area contributed by atoms with E-state index in [4.69, 9.17) is 14.2 Å². The fraction of sp³-hybridized carbons (Fsp3) is 0.625. The lowest BCUT2D eigenvalue weighted by atomic mass is 10.1. The largest absolute Gasteiger partial charge is 0.544 e. The summed E-state index contributed by atoms with van der Waals surface area (Å²) in [5.74, 6) is -1.83. The smallest absolute Gasteiger partial charge is 0.306 e. The highest BCUT2D eigenvalue weighted by Crippen LogP contribution is 2.11. The number of quaternary nitrogens is 1. The number of carbonyl (C=O) groups is 3. The maximum absolute atomic E-state index is 12.5. The van der Waals surface area contributed by atoms with E-state index in [1.807, 2.05) is 30.4 Å². The zero-order chi connectivity index (χ0) is 35.7. The van der Waals surface area contributed by atoms with Gasteiger partial charge >= 0.3 is 11.9 Å². The predicted octanol–water partition coefficient (Wildman–Crippen LogP) is 7.51. The molecule has 272 valence electrons. The minimum Gasteiger partial charge on any atom is -0.544 e. The molecule has 0 saturated carbocycles. The number of rotatable bonds is 30. The van der Waals surface area contributed by atoms with Crippen LogP contribution in [0.4, 0.5) is 0 Å². The topological polar surface area (TPSA) is 102 Å². The van der Waals surface area contributed by atoms with Crippen LogP contribution in [0.1, 0.15) is 110 Å². The Labute approximate surface area is 291 Å².